The minimum atomic E-state index is 0.316. The zero-order valence-electron chi connectivity index (χ0n) is 6.95. The van der Waals surface area contributed by atoms with Gasteiger partial charge < -0.3 is 9.47 Å². The van der Waals surface area contributed by atoms with Crippen molar-refractivity contribution in [3.8, 4) is 5.88 Å². The zero-order chi connectivity index (χ0) is 8.39. The van der Waals surface area contributed by atoms with Crippen LogP contribution in [-0.2, 0) is 11.2 Å². The van der Waals surface area contributed by atoms with E-state index in [9.17, 15) is 0 Å². The summed E-state index contributed by atoms with van der Waals surface area (Å²) in [6.07, 6.45) is 1.30. The fourth-order valence-electron chi connectivity index (χ4n) is 0.865. The first-order chi connectivity index (χ1) is 5.88. The second kappa shape index (κ2) is 3.41. The van der Waals surface area contributed by atoms with Gasteiger partial charge in [0.05, 0.1) is 17.0 Å². The molecule has 1 fully saturated rings. The van der Waals surface area contributed by atoms with E-state index in [1.807, 2.05) is 5.38 Å². The number of thiazole rings is 1. The molecule has 0 bridgehead atoms. The van der Waals surface area contributed by atoms with Crippen LogP contribution in [0.3, 0.4) is 0 Å². The molecule has 0 aliphatic carbocycles. The average Bonchev–Trinajstić information content (AvgIpc) is 2.81. The van der Waals surface area contributed by atoms with Crippen LogP contribution in [0.15, 0.2) is 5.38 Å². The standard InChI is InChI=1S/C8H11NO2S/c1-2-8-9-7(5-12-8)11-4-6-3-10-6/h5-6H,2-4H2,1H3/t6-/m0/s1. The van der Waals surface area contributed by atoms with E-state index in [4.69, 9.17) is 9.47 Å². The molecule has 2 heterocycles. The molecule has 1 aliphatic heterocycles. The van der Waals surface area contributed by atoms with E-state index in [1.54, 1.807) is 11.3 Å². The molecule has 4 heteroatoms. The molecule has 12 heavy (non-hydrogen) atoms. The number of aromatic nitrogens is 1. The highest BCUT2D eigenvalue weighted by Crippen LogP contribution is 2.18. The van der Waals surface area contributed by atoms with Crippen LogP contribution >= 0.6 is 11.3 Å². The molecule has 2 rings (SSSR count). The van der Waals surface area contributed by atoms with Gasteiger partial charge in [-0.25, -0.2) is 4.98 Å². The van der Waals surface area contributed by atoms with Crippen molar-refractivity contribution in [1.82, 2.24) is 4.98 Å². The first-order valence-corrected chi connectivity index (χ1v) is 4.95. The van der Waals surface area contributed by atoms with Crippen molar-refractivity contribution >= 4 is 11.3 Å². The van der Waals surface area contributed by atoms with E-state index in [0.717, 1.165) is 23.9 Å². The lowest BCUT2D eigenvalue weighted by molar-refractivity contribution is 0.256. The van der Waals surface area contributed by atoms with Crippen LogP contribution in [0, 0.1) is 0 Å². The Bertz CT molecular complexity index is 257. The van der Waals surface area contributed by atoms with Crippen LogP contribution in [0.2, 0.25) is 0 Å². The Kier molecular flexibility index (Phi) is 2.28. The van der Waals surface area contributed by atoms with E-state index in [0.29, 0.717) is 12.7 Å². The van der Waals surface area contributed by atoms with Gasteiger partial charge >= 0.3 is 0 Å². The highest BCUT2D eigenvalue weighted by molar-refractivity contribution is 7.09. The molecule has 0 saturated carbocycles. The van der Waals surface area contributed by atoms with Crippen molar-refractivity contribution in [3.05, 3.63) is 10.4 Å². The van der Waals surface area contributed by atoms with Crippen molar-refractivity contribution in [2.24, 2.45) is 0 Å². The quantitative estimate of drug-likeness (QED) is 0.666. The lowest BCUT2D eigenvalue weighted by atomic mass is 10.5. The molecule has 1 aromatic rings. The second-order valence-electron chi connectivity index (χ2n) is 2.70. The molecule has 0 radical (unpaired) electrons. The summed E-state index contributed by atoms with van der Waals surface area (Å²) in [7, 11) is 0. The normalized spacial score (nSPS) is 20.9. The van der Waals surface area contributed by atoms with Gasteiger partial charge in [-0.15, -0.1) is 11.3 Å². The lowest BCUT2D eigenvalue weighted by Gasteiger charge is -1.96. The van der Waals surface area contributed by atoms with Crippen molar-refractivity contribution in [1.29, 1.82) is 0 Å². The minimum Gasteiger partial charge on any atom is -0.474 e. The fraction of sp³-hybridized carbons (Fsp3) is 0.625. The summed E-state index contributed by atoms with van der Waals surface area (Å²) in [5.41, 5.74) is 0. The molecule has 0 N–H and O–H groups in total. The maximum absolute atomic E-state index is 5.39. The Balaban J connectivity index is 1.84. The Morgan fingerprint density at radius 1 is 1.83 bits per heavy atom. The summed E-state index contributed by atoms with van der Waals surface area (Å²) in [5, 5.41) is 3.07. The predicted octanol–water partition coefficient (Wildman–Crippen LogP) is 1.48. The van der Waals surface area contributed by atoms with Gasteiger partial charge in [-0.3, -0.25) is 0 Å². The van der Waals surface area contributed by atoms with Gasteiger partial charge in [0.15, 0.2) is 0 Å². The molecule has 1 atom stereocenters. The maximum Gasteiger partial charge on any atom is 0.224 e. The van der Waals surface area contributed by atoms with Crippen LogP contribution in [-0.4, -0.2) is 24.3 Å². The van der Waals surface area contributed by atoms with Gasteiger partial charge in [0.25, 0.3) is 0 Å². The van der Waals surface area contributed by atoms with Gasteiger partial charge in [0.1, 0.15) is 12.7 Å². The van der Waals surface area contributed by atoms with Crippen molar-refractivity contribution < 1.29 is 9.47 Å². The largest absolute Gasteiger partial charge is 0.474 e. The molecule has 0 unspecified atom stereocenters. The van der Waals surface area contributed by atoms with E-state index in [2.05, 4.69) is 11.9 Å². The number of hydrogen-bond donors (Lipinski definition) is 0. The second-order valence-corrected chi connectivity index (χ2v) is 3.64. The van der Waals surface area contributed by atoms with Crippen LogP contribution < -0.4 is 4.74 Å². The molecule has 3 nitrogen and oxygen atoms in total. The molecular formula is C8H11NO2S. The maximum atomic E-state index is 5.39. The van der Waals surface area contributed by atoms with Gasteiger partial charge in [-0.05, 0) is 6.42 Å². The van der Waals surface area contributed by atoms with Gasteiger partial charge in [-0.1, -0.05) is 6.92 Å². The lowest BCUT2D eigenvalue weighted by Crippen LogP contribution is -2.04. The summed E-state index contributed by atoms with van der Waals surface area (Å²) < 4.78 is 10.4. The van der Waals surface area contributed by atoms with Crippen LogP contribution in [0.5, 0.6) is 5.88 Å². The Hall–Kier alpha value is -0.610. The van der Waals surface area contributed by atoms with Crippen LogP contribution in [0.1, 0.15) is 11.9 Å². The van der Waals surface area contributed by atoms with Gasteiger partial charge in [0, 0.05) is 0 Å². The summed E-state index contributed by atoms with van der Waals surface area (Å²) >= 11 is 1.64. The number of aryl methyl sites for hydroxylation is 1. The Labute approximate surface area is 75.3 Å². The molecule has 66 valence electrons. The molecule has 0 spiro atoms. The van der Waals surface area contributed by atoms with Crippen molar-refractivity contribution in [3.63, 3.8) is 0 Å². The third kappa shape index (κ3) is 1.95. The van der Waals surface area contributed by atoms with E-state index in [1.165, 1.54) is 0 Å². The van der Waals surface area contributed by atoms with E-state index >= 15 is 0 Å². The smallest absolute Gasteiger partial charge is 0.224 e. The molecular weight excluding hydrogens is 174 g/mol. The van der Waals surface area contributed by atoms with Crippen molar-refractivity contribution in [2.45, 2.75) is 19.4 Å². The first kappa shape index (κ1) is 8.01. The number of ether oxygens (including phenoxy) is 2. The summed E-state index contributed by atoms with van der Waals surface area (Å²) in [4.78, 5) is 4.27. The average molecular weight is 185 g/mol. The van der Waals surface area contributed by atoms with Gasteiger partial charge in [-0.2, -0.15) is 0 Å². The molecule has 0 aromatic carbocycles. The molecule has 1 aromatic heterocycles. The summed E-state index contributed by atoms with van der Waals surface area (Å²) in [5.74, 6) is 0.743. The molecule has 1 aliphatic rings. The number of rotatable bonds is 4. The number of nitrogens with zero attached hydrogens (tertiary/aromatic N) is 1. The number of epoxide rings is 1. The SMILES string of the molecule is CCc1nc(OC[C@@H]2CO2)cs1. The summed E-state index contributed by atoms with van der Waals surface area (Å²) in [6.45, 7) is 3.57. The van der Waals surface area contributed by atoms with Crippen LogP contribution in [0.25, 0.3) is 0 Å². The minimum absolute atomic E-state index is 0.316. The molecule has 0 amide bonds. The highest BCUT2D eigenvalue weighted by Gasteiger charge is 2.23. The van der Waals surface area contributed by atoms with E-state index < -0.39 is 0 Å². The Morgan fingerprint density at radius 3 is 3.25 bits per heavy atom. The van der Waals surface area contributed by atoms with Gasteiger partial charge in [0.2, 0.25) is 5.88 Å². The first-order valence-electron chi connectivity index (χ1n) is 4.07. The van der Waals surface area contributed by atoms with Crippen LogP contribution in [0.4, 0.5) is 0 Å². The van der Waals surface area contributed by atoms with Crippen molar-refractivity contribution in [2.75, 3.05) is 13.2 Å². The Morgan fingerprint density at radius 2 is 2.67 bits per heavy atom. The summed E-state index contributed by atoms with van der Waals surface area (Å²) in [6, 6.07) is 0. The van der Waals surface area contributed by atoms with E-state index in [-0.39, 0.29) is 0 Å². The monoisotopic (exact) mass is 185 g/mol. The topological polar surface area (TPSA) is 34.6 Å². The fourth-order valence-corrected chi connectivity index (χ4v) is 1.53. The third-order valence-corrected chi connectivity index (χ3v) is 2.62. The highest BCUT2D eigenvalue weighted by atomic mass is 32.1. The predicted molar refractivity (Wildman–Crippen MR) is 46.7 cm³/mol. The number of hydrogen-bond acceptors (Lipinski definition) is 4. The third-order valence-electron chi connectivity index (χ3n) is 1.65. The molecule has 1 saturated heterocycles. The zero-order valence-corrected chi connectivity index (χ0v) is 7.76.